The van der Waals surface area contributed by atoms with Crippen molar-refractivity contribution >= 4 is 0 Å². The van der Waals surface area contributed by atoms with E-state index in [2.05, 4.69) is 63.2 Å². The molecular weight excluding hydrogens is 358 g/mol. The van der Waals surface area contributed by atoms with Crippen molar-refractivity contribution < 1.29 is 5.11 Å². The maximum Gasteiger partial charge on any atom is 0.0558 e. The molecule has 0 unspecified atom stereocenters. The van der Waals surface area contributed by atoms with Crippen LogP contribution < -0.4 is 0 Å². The molecule has 4 heteroatoms. The van der Waals surface area contributed by atoms with E-state index < -0.39 is 0 Å². The van der Waals surface area contributed by atoms with Gasteiger partial charge in [-0.1, -0.05) is 48.5 Å². The Bertz CT molecular complexity index is 721. The lowest BCUT2D eigenvalue weighted by molar-refractivity contribution is 0.108. The first-order valence-corrected chi connectivity index (χ1v) is 11.2. The summed E-state index contributed by atoms with van der Waals surface area (Å²) in [6.45, 7) is 9.95. The Morgan fingerprint density at radius 2 is 1.03 bits per heavy atom. The highest BCUT2D eigenvalue weighted by Crippen LogP contribution is 2.22. The number of piperazine rings is 1. The fraction of sp³-hybridized carbons (Fsp3) is 0.520. The second kappa shape index (κ2) is 10.4. The summed E-state index contributed by atoms with van der Waals surface area (Å²) in [6.07, 6.45) is 3.49. The van der Waals surface area contributed by atoms with Crippen LogP contribution in [0.2, 0.25) is 0 Å². The van der Waals surface area contributed by atoms with Crippen molar-refractivity contribution in [1.82, 2.24) is 14.7 Å². The topological polar surface area (TPSA) is 30.0 Å². The third kappa shape index (κ3) is 5.67. The van der Waals surface area contributed by atoms with Gasteiger partial charge in [0, 0.05) is 52.4 Å². The van der Waals surface area contributed by atoms with E-state index in [-0.39, 0.29) is 6.61 Å². The minimum atomic E-state index is 0.276. The number of fused-ring (bicyclic) bond motifs is 2. The van der Waals surface area contributed by atoms with Gasteiger partial charge in [0.25, 0.3) is 0 Å². The van der Waals surface area contributed by atoms with Gasteiger partial charge in [-0.15, -0.1) is 0 Å². The number of aliphatic hydroxyl groups is 1. The van der Waals surface area contributed by atoms with Crippen molar-refractivity contribution in [1.29, 1.82) is 0 Å². The molecule has 0 radical (unpaired) electrons. The molecule has 0 spiro atoms. The normalized spacial score (nSPS) is 19.1. The molecule has 0 atom stereocenters. The predicted octanol–water partition coefficient (Wildman–Crippen LogP) is 2.79. The average molecular weight is 394 g/mol. The van der Waals surface area contributed by atoms with Crippen LogP contribution in [0.3, 0.4) is 0 Å². The van der Waals surface area contributed by atoms with Gasteiger partial charge in [0.05, 0.1) is 6.61 Å². The van der Waals surface area contributed by atoms with Crippen molar-refractivity contribution in [3.05, 3.63) is 70.8 Å². The number of rotatable bonds is 6. The molecule has 0 saturated carbocycles. The van der Waals surface area contributed by atoms with Crippen LogP contribution in [0.25, 0.3) is 0 Å². The van der Waals surface area contributed by atoms with Gasteiger partial charge in [0.2, 0.25) is 0 Å². The van der Waals surface area contributed by atoms with Crippen molar-refractivity contribution in [2.24, 2.45) is 0 Å². The van der Waals surface area contributed by atoms with Crippen LogP contribution in [0, 0.1) is 0 Å². The van der Waals surface area contributed by atoms with Crippen LogP contribution in [0.15, 0.2) is 48.5 Å². The van der Waals surface area contributed by atoms with Crippen LogP contribution in [0.4, 0.5) is 0 Å². The minimum Gasteiger partial charge on any atom is -0.395 e. The third-order valence-corrected chi connectivity index (χ3v) is 6.52. The van der Waals surface area contributed by atoms with Crippen molar-refractivity contribution in [3.8, 4) is 0 Å². The first-order chi connectivity index (χ1) is 14.3. The number of aryl methyl sites for hydroxylation is 2. The van der Waals surface area contributed by atoms with E-state index in [1.54, 1.807) is 0 Å². The molecule has 2 aliphatic rings. The Morgan fingerprint density at radius 3 is 1.55 bits per heavy atom. The summed E-state index contributed by atoms with van der Waals surface area (Å²) < 4.78 is 0. The molecule has 1 N–H and O–H groups in total. The second-order valence-corrected chi connectivity index (χ2v) is 8.51. The van der Waals surface area contributed by atoms with Crippen LogP contribution in [-0.2, 0) is 25.9 Å². The molecule has 156 valence electrons. The van der Waals surface area contributed by atoms with Gasteiger partial charge in [0.1, 0.15) is 0 Å². The van der Waals surface area contributed by atoms with E-state index in [9.17, 15) is 0 Å². The first-order valence-electron chi connectivity index (χ1n) is 11.2. The lowest BCUT2D eigenvalue weighted by Gasteiger charge is -2.34. The van der Waals surface area contributed by atoms with Crippen molar-refractivity contribution in [3.63, 3.8) is 0 Å². The van der Waals surface area contributed by atoms with Gasteiger partial charge < -0.3 is 10.0 Å². The van der Waals surface area contributed by atoms with Gasteiger partial charge in [0.15, 0.2) is 0 Å². The molecule has 4 rings (SSSR count). The molecule has 0 amide bonds. The maximum atomic E-state index is 9.11. The highest BCUT2D eigenvalue weighted by molar-refractivity contribution is 5.33. The van der Waals surface area contributed by atoms with E-state index in [4.69, 9.17) is 5.11 Å². The summed E-state index contributed by atoms with van der Waals surface area (Å²) in [5.74, 6) is 0. The Balaban J connectivity index is 1.37. The number of aliphatic hydroxyl groups excluding tert-OH is 1. The average Bonchev–Trinajstić information content (AvgIpc) is 2.82. The van der Waals surface area contributed by atoms with Gasteiger partial charge in [-0.3, -0.25) is 9.80 Å². The summed E-state index contributed by atoms with van der Waals surface area (Å²) in [6, 6.07) is 18.0. The molecule has 2 aliphatic heterocycles. The van der Waals surface area contributed by atoms with Crippen molar-refractivity contribution in [2.45, 2.75) is 32.4 Å². The van der Waals surface area contributed by atoms with Gasteiger partial charge >= 0.3 is 0 Å². The van der Waals surface area contributed by atoms with Crippen LogP contribution in [0.5, 0.6) is 0 Å². The number of hydrogen-bond acceptors (Lipinski definition) is 4. The maximum absolute atomic E-state index is 9.11. The van der Waals surface area contributed by atoms with E-state index in [0.29, 0.717) is 0 Å². The summed E-state index contributed by atoms with van der Waals surface area (Å²) in [7, 11) is 0. The molecule has 29 heavy (non-hydrogen) atoms. The Morgan fingerprint density at radius 1 is 0.586 bits per heavy atom. The predicted molar refractivity (Wildman–Crippen MR) is 119 cm³/mol. The molecule has 2 aromatic rings. The largest absolute Gasteiger partial charge is 0.395 e. The number of hydrogen-bond donors (Lipinski definition) is 1. The number of nitrogens with zero attached hydrogens (tertiary/aromatic N) is 3. The minimum absolute atomic E-state index is 0.276. The van der Waals surface area contributed by atoms with E-state index in [1.165, 1.54) is 35.2 Å². The molecule has 0 bridgehead atoms. The van der Waals surface area contributed by atoms with E-state index in [1.807, 2.05) is 0 Å². The molecule has 4 nitrogen and oxygen atoms in total. The number of β-amino-alcohol motifs (C(OH)–C–C–N with tert-alkyl or cyclic N) is 1. The zero-order valence-electron chi connectivity index (χ0n) is 17.6. The van der Waals surface area contributed by atoms with Gasteiger partial charge in [-0.05, 0) is 48.1 Å². The summed E-state index contributed by atoms with van der Waals surface area (Å²) in [5, 5.41) is 9.11. The van der Waals surface area contributed by atoms with E-state index >= 15 is 0 Å². The Kier molecular flexibility index (Phi) is 7.33. The smallest absolute Gasteiger partial charge is 0.0558 e. The fourth-order valence-corrected chi connectivity index (χ4v) is 4.77. The third-order valence-electron chi connectivity index (χ3n) is 6.52. The summed E-state index contributed by atoms with van der Waals surface area (Å²) in [4.78, 5) is 7.60. The first kappa shape index (κ1) is 20.5. The monoisotopic (exact) mass is 393 g/mol. The second-order valence-electron chi connectivity index (χ2n) is 8.51. The lowest BCUT2D eigenvalue weighted by atomic mass is 9.98. The van der Waals surface area contributed by atoms with Gasteiger partial charge in [-0.25, -0.2) is 0 Å². The highest BCUT2D eigenvalue weighted by Gasteiger charge is 2.18. The fourth-order valence-electron chi connectivity index (χ4n) is 4.77. The van der Waals surface area contributed by atoms with Gasteiger partial charge in [-0.2, -0.15) is 0 Å². The van der Waals surface area contributed by atoms with Crippen LogP contribution >= 0.6 is 0 Å². The SMILES string of the molecule is OCCN1CCN(CCCN2Cc3ccccc3CCc3ccccc3C2)CC1. The Hall–Kier alpha value is -1.72. The highest BCUT2D eigenvalue weighted by atomic mass is 16.3. The number of benzene rings is 2. The quantitative estimate of drug-likeness (QED) is 0.817. The molecule has 0 aromatic heterocycles. The zero-order chi connectivity index (χ0) is 19.9. The standard InChI is InChI=1S/C25H35N3O/c29-19-18-27-16-14-26(15-17-27)12-5-13-28-20-24-8-3-1-6-22(24)10-11-23-7-2-4-9-25(23)21-28/h1-4,6-9,29H,5,10-21H2. The molecule has 2 aromatic carbocycles. The van der Waals surface area contributed by atoms with Crippen LogP contribution in [0.1, 0.15) is 28.7 Å². The summed E-state index contributed by atoms with van der Waals surface area (Å²) >= 11 is 0. The van der Waals surface area contributed by atoms with Crippen molar-refractivity contribution in [2.75, 3.05) is 52.4 Å². The summed E-state index contributed by atoms with van der Waals surface area (Å²) in [5.41, 5.74) is 6.01. The zero-order valence-corrected chi connectivity index (χ0v) is 17.6. The Labute approximate surface area is 175 Å². The molecule has 2 heterocycles. The van der Waals surface area contributed by atoms with Crippen LogP contribution in [-0.4, -0.2) is 72.2 Å². The van der Waals surface area contributed by atoms with E-state index in [0.717, 1.165) is 65.2 Å². The molecule has 0 aliphatic carbocycles. The molecule has 1 saturated heterocycles. The molecular formula is C25H35N3O. The molecule has 1 fully saturated rings. The lowest BCUT2D eigenvalue weighted by Crippen LogP contribution is -2.47.